The number of rotatable bonds is 1. The molecule has 1 heterocycles. The first-order valence-electron chi connectivity index (χ1n) is 12.2. The van der Waals surface area contributed by atoms with Crippen molar-refractivity contribution in [2.45, 2.75) is 77.6 Å². The van der Waals surface area contributed by atoms with Crippen LogP contribution in [0.15, 0.2) is 48.7 Å². The molecule has 0 bridgehead atoms. The maximum absolute atomic E-state index is 4.85. The number of hydrogen-bond acceptors (Lipinski definition) is 1. The van der Waals surface area contributed by atoms with Crippen molar-refractivity contribution >= 4 is 0 Å². The van der Waals surface area contributed by atoms with Crippen LogP contribution in [0.1, 0.15) is 72.8 Å². The van der Waals surface area contributed by atoms with Crippen LogP contribution in [-0.2, 0) is 11.8 Å². The Labute approximate surface area is 186 Å². The fourth-order valence-corrected chi connectivity index (χ4v) is 7.60. The van der Waals surface area contributed by atoms with E-state index in [1.165, 1.54) is 96.0 Å². The number of fused-ring (bicyclic) bond motifs is 4. The highest BCUT2D eigenvalue weighted by molar-refractivity contribution is 5.79. The van der Waals surface area contributed by atoms with Gasteiger partial charge in [-0.25, -0.2) is 0 Å². The van der Waals surface area contributed by atoms with E-state index < -0.39 is 0 Å². The zero-order valence-electron chi connectivity index (χ0n) is 19.2. The molecule has 31 heavy (non-hydrogen) atoms. The van der Waals surface area contributed by atoms with Gasteiger partial charge in [0.05, 0.1) is 5.69 Å². The lowest BCUT2D eigenvalue weighted by Gasteiger charge is -2.39. The SMILES string of the molecule is Cc1cc(C)c(-c2ccc3c(c2)C2(CCC4(CCCC4)C2)Cc2cccnc2-3)c(C)c1. The largest absolute Gasteiger partial charge is 0.256 e. The zero-order valence-corrected chi connectivity index (χ0v) is 19.2. The molecule has 2 saturated carbocycles. The van der Waals surface area contributed by atoms with Crippen LogP contribution in [0.5, 0.6) is 0 Å². The molecule has 0 amide bonds. The van der Waals surface area contributed by atoms with Gasteiger partial charge in [0, 0.05) is 17.2 Å². The van der Waals surface area contributed by atoms with Crippen molar-refractivity contribution in [1.82, 2.24) is 4.98 Å². The van der Waals surface area contributed by atoms with E-state index in [-0.39, 0.29) is 5.41 Å². The number of benzene rings is 2. The second-order valence-electron chi connectivity index (χ2n) is 10.9. The van der Waals surface area contributed by atoms with Crippen LogP contribution in [0, 0.1) is 26.2 Å². The number of pyridine rings is 1. The molecule has 3 aromatic rings. The fourth-order valence-electron chi connectivity index (χ4n) is 7.60. The van der Waals surface area contributed by atoms with Crippen LogP contribution in [0.4, 0.5) is 0 Å². The van der Waals surface area contributed by atoms with E-state index in [2.05, 4.69) is 63.2 Å². The Morgan fingerprint density at radius 2 is 1.61 bits per heavy atom. The number of aryl methyl sites for hydroxylation is 3. The summed E-state index contributed by atoms with van der Waals surface area (Å²) in [7, 11) is 0. The molecule has 2 aromatic carbocycles. The molecule has 0 radical (unpaired) electrons. The molecule has 3 aliphatic carbocycles. The van der Waals surface area contributed by atoms with Crippen molar-refractivity contribution in [1.29, 1.82) is 0 Å². The predicted molar refractivity (Wildman–Crippen MR) is 129 cm³/mol. The lowest BCUT2D eigenvalue weighted by molar-refractivity contribution is 0.278. The van der Waals surface area contributed by atoms with Gasteiger partial charge in [-0.3, -0.25) is 4.98 Å². The Kier molecular flexibility index (Phi) is 4.23. The third kappa shape index (κ3) is 2.93. The highest BCUT2D eigenvalue weighted by Crippen LogP contribution is 2.62. The first-order chi connectivity index (χ1) is 15.0. The molecular weight excluding hydrogens is 374 g/mol. The molecular formula is C30H33N. The van der Waals surface area contributed by atoms with E-state index in [4.69, 9.17) is 4.98 Å². The van der Waals surface area contributed by atoms with Gasteiger partial charge in [-0.05, 0) is 110 Å². The molecule has 0 N–H and O–H groups in total. The average molecular weight is 408 g/mol. The van der Waals surface area contributed by atoms with E-state index in [1.807, 2.05) is 6.20 Å². The topological polar surface area (TPSA) is 12.9 Å². The van der Waals surface area contributed by atoms with Gasteiger partial charge in [0.1, 0.15) is 0 Å². The summed E-state index contributed by atoms with van der Waals surface area (Å²) in [5.74, 6) is 0. The standard InChI is InChI=1S/C30H33N/c1-20-15-21(2)27(22(3)16-20)23-8-9-25-26(17-23)30(18-24-7-6-14-31-28(24)25)13-12-29(19-30)10-4-5-11-29/h6-9,14-17H,4-5,10-13,18-19H2,1-3H3. The highest BCUT2D eigenvalue weighted by Gasteiger charge is 2.52. The third-order valence-corrected chi connectivity index (χ3v) is 8.74. The molecule has 2 spiro atoms. The molecule has 6 rings (SSSR count). The van der Waals surface area contributed by atoms with Crippen molar-refractivity contribution in [2.75, 3.05) is 0 Å². The van der Waals surface area contributed by atoms with Gasteiger partial charge in [0.25, 0.3) is 0 Å². The first-order valence-corrected chi connectivity index (χ1v) is 12.2. The number of aromatic nitrogens is 1. The van der Waals surface area contributed by atoms with Gasteiger partial charge >= 0.3 is 0 Å². The number of nitrogens with zero attached hydrogens (tertiary/aromatic N) is 1. The van der Waals surface area contributed by atoms with Crippen molar-refractivity contribution in [2.24, 2.45) is 5.41 Å². The molecule has 2 fully saturated rings. The molecule has 1 aromatic heterocycles. The quantitative estimate of drug-likeness (QED) is 0.400. The van der Waals surface area contributed by atoms with Crippen LogP contribution in [-0.4, -0.2) is 4.98 Å². The van der Waals surface area contributed by atoms with Crippen molar-refractivity contribution < 1.29 is 0 Å². The molecule has 1 nitrogen and oxygen atoms in total. The van der Waals surface area contributed by atoms with E-state index in [0.29, 0.717) is 5.41 Å². The molecule has 0 saturated heterocycles. The molecule has 1 unspecified atom stereocenters. The normalized spacial score (nSPS) is 23.3. The molecule has 1 heteroatoms. The number of hydrogen-bond donors (Lipinski definition) is 0. The lowest BCUT2D eigenvalue weighted by atomic mass is 9.65. The van der Waals surface area contributed by atoms with Crippen molar-refractivity contribution in [3.05, 3.63) is 76.5 Å². The summed E-state index contributed by atoms with van der Waals surface area (Å²) in [6.45, 7) is 6.74. The highest BCUT2D eigenvalue weighted by atomic mass is 14.7. The van der Waals surface area contributed by atoms with Gasteiger partial charge in [0.15, 0.2) is 0 Å². The van der Waals surface area contributed by atoms with Crippen LogP contribution >= 0.6 is 0 Å². The minimum atomic E-state index is 0.290. The average Bonchev–Trinajstić information content (AvgIpc) is 3.35. The van der Waals surface area contributed by atoms with Crippen LogP contribution in [0.25, 0.3) is 22.4 Å². The summed E-state index contributed by atoms with van der Waals surface area (Å²) in [6.07, 6.45) is 13.0. The molecule has 3 aliphatic rings. The summed E-state index contributed by atoms with van der Waals surface area (Å²) >= 11 is 0. The maximum atomic E-state index is 4.85. The van der Waals surface area contributed by atoms with Gasteiger partial charge in [-0.15, -0.1) is 0 Å². The van der Waals surface area contributed by atoms with Crippen molar-refractivity contribution in [3.8, 4) is 22.4 Å². The first kappa shape index (κ1) is 19.3. The van der Waals surface area contributed by atoms with Crippen molar-refractivity contribution in [3.63, 3.8) is 0 Å². The van der Waals surface area contributed by atoms with Gasteiger partial charge in [-0.1, -0.05) is 48.7 Å². The van der Waals surface area contributed by atoms with Gasteiger partial charge < -0.3 is 0 Å². The Morgan fingerprint density at radius 3 is 2.39 bits per heavy atom. The van der Waals surface area contributed by atoms with E-state index in [9.17, 15) is 0 Å². The molecule has 0 aliphatic heterocycles. The van der Waals surface area contributed by atoms with Crippen LogP contribution in [0.3, 0.4) is 0 Å². The maximum Gasteiger partial charge on any atom is 0.0737 e. The Morgan fingerprint density at radius 1 is 0.839 bits per heavy atom. The van der Waals surface area contributed by atoms with Gasteiger partial charge in [-0.2, -0.15) is 0 Å². The lowest BCUT2D eigenvalue weighted by Crippen LogP contribution is -2.31. The summed E-state index contributed by atoms with van der Waals surface area (Å²) in [5.41, 5.74) is 13.5. The van der Waals surface area contributed by atoms with Crippen LogP contribution in [0.2, 0.25) is 0 Å². The second kappa shape index (κ2) is 6.79. The Hall–Kier alpha value is -2.41. The summed E-state index contributed by atoms with van der Waals surface area (Å²) in [5, 5.41) is 0. The third-order valence-electron chi connectivity index (χ3n) is 8.74. The Bertz CT molecular complexity index is 1160. The van der Waals surface area contributed by atoms with E-state index >= 15 is 0 Å². The van der Waals surface area contributed by atoms with Gasteiger partial charge in [0.2, 0.25) is 0 Å². The minimum Gasteiger partial charge on any atom is -0.256 e. The van der Waals surface area contributed by atoms with E-state index in [1.54, 1.807) is 5.56 Å². The monoisotopic (exact) mass is 407 g/mol. The smallest absolute Gasteiger partial charge is 0.0737 e. The summed E-state index contributed by atoms with van der Waals surface area (Å²) in [4.78, 5) is 4.85. The summed E-state index contributed by atoms with van der Waals surface area (Å²) < 4.78 is 0. The minimum absolute atomic E-state index is 0.290. The second-order valence-corrected chi connectivity index (χ2v) is 10.9. The molecule has 158 valence electrons. The fraction of sp³-hybridized carbons (Fsp3) is 0.433. The Balaban J connectivity index is 1.55. The predicted octanol–water partition coefficient (Wildman–Crippen LogP) is 7.88. The van der Waals surface area contributed by atoms with E-state index in [0.717, 1.165) is 0 Å². The summed E-state index contributed by atoms with van der Waals surface area (Å²) in [6, 6.07) is 16.4. The molecule has 1 atom stereocenters. The zero-order chi connectivity index (χ0) is 21.2. The van der Waals surface area contributed by atoms with Crippen LogP contribution < -0.4 is 0 Å².